The summed E-state index contributed by atoms with van der Waals surface area (Å²) in [6, 6.07) is 10.2. The van der Waals surface area contributed by atoms with E-state index in [1.165, 1.54) is 18.3 Å². The van der Waals surface area contributed by atoms with Gasteiger partial charge in [-0.05, 0) is 37.1 Å². The molecule has 2 aromatic rings. The molecule has 0 unspecified atom stereocenters. The van der Waals surface area contributed by atoms with Crippen LogP contribution in [0.5, 0.6) is 5.88 Å². The first-order valence-electron chi connectivity index (χ1n) is 8.02. The monoisotopic (exact) mass is 329 g/mol. The fraction of sp³-hybridized carbons (Fsp3) is 0.333. The number of likely N-dealkylation sites (tertiary alicyclic amines) is 1. The van der Waals surface area contributed by atoms with Crippen LogP contribution in [0.1, 0.15) is 23.2 Å². The molecule has 5 nitrogen and oxygen atoms in total. The third-order valence-corrected chi connectivity index (χ3v) is 4.10. The summed E-state index contributed by atoms with van der Waals surface area (Å²) in [6.07, 6.45) is 2.82. The van der Waals surface area contributed by atoms with Gasteiger partial charge in [-0.25, -0.2) is 9.37 Å². The number of halogens is 1. The molecule has 126 valence electrons. The average Bonchev–Trinajstić information content (AvgIpc) is 2.63. The van der Waals surface area contributed by atoms with Gasteiger partial charge in [-0.3, -0.25) is 4.79 Å². The summed E-state index contributed by atoms with van der Waals surface area (Å²) in [5.41, 5.74) is 1.42. The van der Waals surface area contributed by atoms with E-state index in [-0.39, 0.29) is 17.9 Å². The van der Waals surface area contributed by atoms with Gasteiger partial charge in [0.15, 0.2) is 5.82 Å². The average molecular weight is 329 g/mol. The van der Waals surface area contributed by atoms with Gasteiger partial charge in [0.25, 0.3) is 11.8 Å². The van der Waals surface area contributed by atoms with Gasteiger partial charge in [-0.2, -0.15) is 0 Å². The number of anilines is 1. The van der Waals surface area contributed by atoms with Crippen molar-refractivity contribution >= 4 is 11.6 Å². The zero-order valence-electron chi connectivity index (χ0n) is 13.5. The number of hydrogen-bond donors (Lipinski definition) is 1. The zero-order chi connectivity index (χ0) is 16.9. The van der Waals surface area contributed by atoms with Crippen LogP contribution in [-0.4, -0.2) is 42.0 Å². The number of benzene rings is 1. The molecule has 1 aliphatic rings. The molecule has 6 heteroatoms. The molecule has 1 fully saturated rings. The molecule has 1 amide bonds. The SMILES string of the molecule is CNc1ccccc1C(=O)N1CCC[C@H](Oc2ncccc2F)C1. The maximum atomic E-state index is 13.7. The van der Waals surface area contributed by atoms with Crippen LogP contribution in [-0.2, 0) is 0 Å². The second kappa shape index (κ2) is 7.29. The Labute approximate surface area is 140 Å². The van der Waals surface area contributed by atoms with Crippen molar-refractivity contribution in [3.63, 3.8) is 0 Å². The van der Waals surface area contributed by atoms with Gasteiger partial charge < -0.3 is 15.0 Å². The highest BCUT2D eigenvalue weighted by molar-refractivity contribution is 5.99. The quantitative estimate of drug-likeness (QED) is 0.937. The predicted octanol–water partition coefficient (Wildman–Crippen LogP) is 2.95. The number of amides is 1. The van der Waals surface area contributed by atoms with Crippen LogP contribution in [0.4, 0.5) is 10.1 Å². The molecule has 0 radical (unpaired) electrons. The van der Waals surface area contributed by atoms with Gasteiger partial charge in [-0.15, -0.1) is 0 Å². The molecule has 0 spiro atoms. The Morgan fingerprint density at radius 2 is 2.17 bits per heavy atom. The molecule has 0 aliphatic carbocycles. The van der Waals surface area contributed by atoms with Gasteiger partial charge in [0.05, 0.1) is 12.1 Å². The summed E-state index contributed by atoms with van der Waals surface area (Å²) in [6.45, 7) is 1.09. The minimum absolute atomic E-state index is 0.00701. The molecule has 2 heterocycles. The Balaban J connectivity index is 1.71. The Hall–Kier alpha value is -2.63. The molecule has 1 aliphatic heterocycles. The Bertz CT molecular complexity index is 723. The summed E-state index contributed by atoms with van der Waals surface area (Å²) in [7, 11) is 1.79. The molecule has 3 rings (SSSR count). The van der Waals surface area contributed by atoms with Gasteiger partial charge in [-0.1, -0.05) is 12.1 Å². The Kier molecular flexibility index (Phi) is 4.93. The van der Waals surface area contributed by atoms with Crippen LogP contribution in [0.15, 0.2) is 42.6 Å². The molecular weight excluding hydrogens is 309 g/mol. The number of piperidine rings is 1. The molecule has 0 bridgehead atoms. The summed E-state index contributed by atoms with van der Waals surface area (Å²) >= 11 is 0. The van der Waals surface area contributed by atoms with E-state index in [1.54, 1.807) is 18.0 Å². The summed E-state index contributed by atoms with van der Waals surface area (Å²) in [5, 5.41) is 3.04. The van der Waals surface area contributed by atoms with Crippen LogP contribution in [0, 0.1) is 5.82 Å². The van der Waals surface area contributed by atoms with Crippen LogP contribution < -0.4 is 10.1 Å². The number of carbonyl (C=O) groups is 1. The van der Waals surface area contributed by atoms with Gasteiger partial charge in [0.2, 0.25) is 0 Å². The third-order valence-electron chi connectivity index (χ3n) is 4.10. The number of para-hydroxylation sites is 1. The lowest BCUT2D eigenvalue weighted by atomic mass is 10.1. The number of hydrogen-bond acceptors (Lipinski definition) is 4. The van der Waals surface area contributed by atoms with E-state index in [1.807, 2.05) is 18.2 Å². The molecule has 1 saturated heterocycles. The maximum absolute atomic E-state index is 13.7. The first-order chi connectivity index (χ1) is 11.7. The largest absolute Gasteiger partial charge is 0.470 e. The first-order valence-corrected chi connectivity index (χ1v) is 8.02. The Morgan fingerprint density at radius 1 is 1.33 bits per heavy atom. The van der Waals surface area contributed by atoms with E-state index in [2.05, 4.69) is 10.3 Å². The lowest BCUT2D eigenvalue weighted by Gasteiger charge is -2.33. The van der Waals surface area contributed by atoms with E-state index in [9.17, 15) is 9.18 Å². The van der Waals surface area contributed by atoms with Crippen molar-refractivity contribution in [2.75, 3.05) is 25.5 Å². The second-order valence-corrected chi connectivity index (χ2v) is 5.72. The minimum Gasteiger partial charge on any atom is -0.470 e. The number of nitrogens with zero attached hydrogens (tertiary/aromatic N) is 2. The molecule has 1 aromatic carbocycles. The molecular formula is C18H20FN3O2. The number of carbonyl (C=O) groups excluding carboxylic acids is 1. The van der Waals surface area contributed by atoms with Crippen molar-refractivity contribution in [2.45, 2.75) is 18.9 Å². The van der Waals surface area contributed by atoms with Crippen molar-refractivity contribution in [1.82, 2.24) is 9.88 Å². The highest BCUT2D eigenvalue weighted by atomic mass is 19.1. The van der Waals surface area contributed by atoms with E-state index in [4.69, 9.17) is 4.74 Å². The number of rotatable bonds is 4. The van der Waals surface area contributed by atoms with Crippen molar-refractivity contribution in [3.8, 4) is 5.88 Å². The highest BCUT2D eigenvalue weighted by Crippen LogP contribution is 2.22. The fourth-order valence-electron chi connectivity index (χ4n) is 2.89. The standard InChI is InChI=1S/C18H20FN3O2/c1-20-16-9-3-2-7-14(16)18(23)22-11-5-6-13(12-22)24-17-15(19)8-4-10-21-17/h2-4,7-10,13,20H,5-6,11-12H2,1H3/t13-/m0/s1. The van der Waals surface area contributed by atoms with Crippen molar-refractivity contribution < 1.29 is 13.9 Å². The smallest absolute Gasteiger partial charge is 0.256 e. The van der Waals surface area contributed by atoms with E-state index >= 15 is 0 Å². The van der Waals surface area contributed by atoms with Gasteiger partial charge >= 0.3 is 0 Å². The number of aromatic nitrogens is 1. The maximum Gasteiger partial charge on any atom is 0.256 e. The molecule has 1 N–H and O–H groups in total. The lowest BCUT2D eigenvalue weighted by molar-refractivity contribution is 0.0519. The van der Waals surface area contributed by atoms with Crippen molar-refractivity contribution in [3.05, 3.63) is 54.0 Å². The minimum atomic E-state index is -0.485. The topological polar surface area (TPSA) is 54.5 Å². The normalized spacial score (nSPS) is 17.4. The first kappa shape index (κ1) is 16.2. The summed E-state index contributed by atoms with van der Waals surface area (Å²) in [5.74, 6) is -0.538. The third kappa shape index (κ3) is 3.48. The lowest BCUT2D eigenvalue weighted by Crippen LogP contribution is -2.44. The second-order valence-electron chi connectivity index (χ2n) is 5.72. The predicted molar refractivity (Wildman–Crippen MR) is 89.7 cm³/mol. The van der Waals surface area contributed by atoms with Crippen molar-refractivity contribution in [2.24, 2.45) is 0 Å². The summed E-state index contributed by atoms with van der Waals surface area (Å²) < 4.78 is 19.4. The summed E-state index contributed by atoms with van der Waals surface area (Å²) in [4.78, 5) is 18.5. The van der Waals surface area contributed by atoms with E-state index in [0.717, 1.165) is 18.5 Å². The van der Waals surface area contributed by atoms with Crippen LogP contribution in [0.25, 0.3) is 0 Å². The van der Waals surface area contributed by atoms with Gasteiger partial charge in [0, 0.05) is 25.5 Å². The molecule has 24 heavy (non-hydrogen) atoms. The molecule has 1 atom stereocenters. The number of nitrogens with one attached hydrogen (secondary N) is 1. The molecule has 1 aromatic heterocycles. The number of ether oxygens (including phenoxy) is 1. The van der Waals surface area contributed by atoms with E-state index < -0.39 is 5.82 Å². The highest BCUT2D eigenvalue weighted by Gasteiger charge is 2.27. The zero-order valence-corrected chi connectivity index (χ0v) is 13.5. The Morgan fingerprint density at radius 3 is 2.96 bits per heavy atom. The molecule has 0 saturated carbocycles. The van der Waals surface area contributed by atoms with Crippen molar-refractivity contribution in [1.29, 1.82) is 0 Å². The van der Waals surface area contributed by atoms with E-state index in [0.29, 0.717) is 18.7 Å². The fourth-order valence-corrected chi connectivity index (χ4v) is 2.89. The van der Waals surface area contributed by atoms with Gasteiger partial charge in [0.1, 0.15) is 6.10 Å². The van der Waals surface area contributed by atoms with Crippen LogP contribution in [0.3, 0.4) is 0 Å². The number of pyridine rings is 1. The van der Waals surface area contributed by atoms with Crippen LogP contribution >= 0.6 is 0 Å². The van der Waals surface area contributed by atoms with Crippen LogP contribution in [0.2, 0.25) is 0 Å².